The van der Waals surface area contributed by atoms with E-state index in [1.165, 1.54) is 42.5 Å². The molecule has 0 aromatic heterocycles. The molecule has 0 bridgehead atoms. The van der Waals surface area contributed by atoms with Crippen LogP contribution in [0.15, 0.2) is 59.3 Å². The lowest BCUT2D eigenvalue weighted by atomic mass is 10.2. The number of hydrogen-bond donors (Lipinski definition) is 2. The molecule has 0 spiro atoms. The van der Waals surface area contributed by atoms with Crippen molar-refractivity contribution in [1.82, 2.24) is 0 Å². The minimum absolute atomic E-state index is 0.0573. The van der Waals surface area contributed by atoms with Gasteiger partial charge < -0.3 is 19.9 Å². The third-order valence-electron chi connectivity index (χ3n) is 3.58. The van der Waals surface area contributed by atoms with Crippen LogP contribution in [0, 0.1) is 5.82 Å². The fourth-order valence-corrected chi connectivity index (χ4v) is 2.44. The highest BCUT2D eigenvalue weighted by Crippen LogP contribution is 2.29. The van der Waals surface area contributed by atoms with Gasteiger partial charge in [0, 0.05) is 5.69 Å². The molecule has 2 aromatic carbocycles. The molecular weight excluding hydrogens is 381 g/mol. The molecule has 1 aliphatic rings. The van der Waals surface area contributed by atoms with Gasteiger partial charge in [0.1, 0.15) is 11.5 Å². The number of carboxylic acid groups (broad SMARTS) is 1. The number of nitrogens with one attached hydrogen (secondary N) is 1. The van der Waals surface area contributed by atoms with E-state index in [0.717, 1.165) is 6.07 Å². The van der Waals surface area contributed by atoms with Crippen molar-refractivity contribution in [3.05, 3.63) is 76.2 Å². The monoisotopic (exact) mass is 391 g/mol. The Morgan fingerprint density at radius 1 is 1.15 bits per heavy atom. The van der Waals surface area contributed by atoms with Gasteiger partial charge >= 0.3 is 17.9 Å². The van der Waals surface area contributed by atoms with Crippen LogP contribution < -0.4 is 5.32 Å². The normalized spacial score (nSPS) is 16.1. The second-order valence-electron chi connectivity index (χ2n) is 5.36. The number of carbonyl (C=O) groups excluding carboxylic acids is 2. The SMILES string of the molecule is O=C1O[C@@H](OC(=O)c2ccccc2F)C(Nc2ccc(C(=O)O)cc2)=C1Cl. The van der Waals surface area contributed by atoms with Crippen molar-refractivity contribution >= 4 is 35.2 Å². The van der Waals surface area contributed by atoms with Crippen LogP contribution >= 0.6 is 11.6 Å². The Morgan fingerprint density at radius 2 is 1.81 bits per heavy atom. The highest BCUT2D eigenvalue weighted by molar-refractivity contribution is 6.42. The first-order valence-electron chi connectivity index (χ1n) is 7.53. The smallest absolute Gasteiger partial charge is 0.355 e. The average molecular weight is 392 g/mol. The van der Waals surface area contributed by atoms with E-state index in [1.807, 2.05) is 0 Å². The number of carbonyl (C=O) groups is 3. The predicted octanol–water partition coefficient (Wildman–Crippen LogP) is 3.13. The molecule has 1 atom stereocenters. The summed E-state index contributed by atoms with van der Waals surface area (Å²) in [6, 6.07) is 10.7. The number of esters is 2. The maximum absolute atomic E-state index is 13.7. The van der Waals surface area contributed by atoms with Crippen LogP contribution in [0.3, 0.4) is 0 Å². The average Bonchev–Trinajstić information content (AvgIpc) is 2.90. The zero-order valence-corrected chi connectivity index (χ0v) is 14.2. The van der Waals surface area contributed by atoms with E-state index in [-0.39, 0.29) is 21.9 Å². The number of benzene rings is 2. The van der Waals surface area contributed by atoms with Gasteiger partial charge in [0.25, 0.3) is 6.29 Å². The van der Waals surface area contributed by atoms with Crippen LogP contribution in [0.1, 0.15) is 20.7 Å². The van der Waals surface area contributed by atoms with E-state index in [0.29, 0.717) is 5.69 Å². The Balaban J connectivity index is 1.79. The van der Waals surface area contributed by atoms with Gasteiger partial charge in [0.05, 0.1) is 11.1 Å². The first-order valence-corrected chi connectivity index (χ1v) is 7.91. The predicted molar refractivity (Wildman–Crippen MR) is 91.6 cm³/mol. The Bertz CT molecular complexity index is 957. The molecule has 138 valence electrons. The number of carboxylic acids is 1. The van der Waals surface area contributed by atoms with E-state index >= 15 is 0 Å². The van der Waals surface area contributed by atoms with Crippen molar-refractivity contribution in [3.8, 4) is 0 Å². The van der Waals surface area contributed by atoms with Gasteiger partial charge in [-0.3, -0.25) is 0 Å². The summed E-state index contributed by atoms with van der Waals surface area (Å²) in [6.07, 6.45) is -1.50. The molecule has 9 heteroatoms. The van der Waals surface area contributed by atoms with Gasteiger partial charge in [0.15, 0.2) is 5.03 Å². The van der Waals surface area contributed by atoms with Crippen molar-refractivity contribution in [1.29, 1.82) is 0 Å². The van der Waals surface area contributed by atoms with E-state index in [4.69, 9.17) is 26.2 Å². The maximum atomic E-state index is 13.7. The molecule has 27 heavy (non-hydrogen) atoms. The molecule has 2 aromatic rings. The van der Waals surface area contributed by atoms with E-state index in [9.17, 15) is 18.8 Å². The van der Waals surface area contributed by atoms with Crippen LogP contribution in [-0.4, -0.2) is 29.3 Å². The minimum atomic E-state index is -1.50. The summed E-state index contributed by atoms with van der Waals surface area (Å²) >= 11 is 5.90. The molecule has 0 saturated carbocycles. The largest absolute Gasteiger partial charge is 0.478 e. The highest BCUT2D eigenvalue weighted by atomic mass is 35.5. The number of anilines is 1. The van der Waals surface area contributed by atoms with Crippen molar-refractivity contribution in [2.75, 3.05) is 5.32 Å². The Kier molecular flexibility index (Phi) is 5.09. The zero-order valence-electron chi connectivity index (χ0n) is 13.4. The van der Waals surface area contributed by atoms with E-state index in [1.54, 1.807) is 0 Å². The second-order valence-corrected chi connectivity index (χ2v) is 5.74. The summed E-state index contributed by atoms with van der Waals surface area (Å²) in [6.45, 7) is 0. The van der Waals surface area contributed by atoms with Crippen molar-refractivity contribution < 1.29 is 33.4 Å². The molecule has 0 amide bonds. The molecule has 0 aliphatic carbocycles. The first kappa shape index (κ1) is 18.4. The fraction of sp³-hybridized carbons (Fsp3) is 0.0556. The van der Waals surface area contributed by atoms with Gasteiger partial charge in [0.2, 0.25) is 0 Å². The van der Waals surface area contributed by atoms with Crippen molar-refractivity contribution in [2.45, 2.75) is 6.29 Å². The number of ether oxygens (including phenoxy) is 2. The van der Waals surface area contributed by atoms with Gasteiger partial charge in [-0.2, -0.15) is 0 Å². The van der Waals surface area contributed by atoms with Crippen LogP contribution in [0.4, 0.5) is 10.1 Å². The molecule has 3 rings (SSSR count). The molecule has 1 aliphatic heterocycles. The molecule has 0 unspecified atom stereocenters. The van der Waals surface area contributed by atoms with Crippen molar-refractivity contribution in [3.63, 3.8) is 0 Å². The summed E-state index contributed by atoms with van der Waals surface area (Å²) in [5.74, 6) is -3.86. The number of halogens is 2. The lowest BCUT2D eigenvalue weighted by Gasteiger charge is -2.16. The Labute approximate surface area is 157 Å². The standard InChI is InChI=1S/C18H11ClFNO6/c19-13-14(21-10-7-5-9(6-8-10)15(22)23)18(27-17(13)25)26-16(24)11-3-1-2-4-12(11)20/h1-8,18,21H,(H,22,23)/t18-/m1/s1. The summed E-state index contributed by atoms with van der Waals surface area (Å²) in [4.78, 5) is 34.7. The summed E-state index contributed by atoms with van der Waals surface area (Å²) < 4.78 is 23.6. The lowest BCUT2D eigenvalue weighted by Crippen LogP contribution is -2.24. The van der Waals surface area contributed by atoms with Crippen LogP contribution in [0.5, 0.6) is 0 Å². The Hall–Kier alpha value is -3.39. The summed E-state index contributed by atoms with van der Waals surface area (Å²) in [5.41, 5.74) is 0.0384. The van der Waals surface area contributed by atoms with E-state index in [2.05, 4.69) is 5.32 Å². The molecule has 0 radical (unpaired) electrons. The van der Waals surface area contributed by atoms with Crippen LogP contribution in [0.2, 0.25) is 0 Å². The lowest BCUT2D eigenvalue weighted by molar-refractivity contribution is -0.152. The molecule has 0 saturated heterocycles. The molecule has 7 nitrogen and oxygen atoms in total. The van der Waals surface area contributed by atoms with Crippen LogP contribution in [0.25, 0.3) is 0 Å². The van der Waals surface area contributed by atoms with Gasteiger partial charge in [-0.1, -0.05) is 23.7 Å². The van der Waals surface area contributed by atoms with Gasteiger partial charge in [-0.05, 0) is 36.4 Å². The number of cyclic esters (lactones) is 1. The van der Waals surface area contributed by atoms with Gasteiger partial charge in [-0.15, -0.1) is 0 Å². The number of hydrogen-bond acceptors (Lipinski definition) is 6. The molecule has 1 heterocycles. The quantitative estimate of drug-likeness (QED) is 0.755. The van der Waals surface area contributed by atoms with E-state index < -0.39 is 30.0 Å². The van der Waals surface area contributed by atoms with Crippen molar-refractivity contribution in [2.24, 2.45) is 0 Å². The first-order chi connectivity index (χ1) is 12.9. The van der Waals surface area contributed by atoms with Gasteiger partial charge in [-0.25, -0.2) is 18.8 Å². The molecule has 2 N–H and O–H groups in total. The fourth-order valence-electron chi connectivity index (χ4n) is 2.26. The Morgan fingerprint density at radius 3 is 2.44 bits per heavy atom. The number of aromatic carboxylic acids is 1. The topological polar surface area (TPSA) is 102 Å². The number of rotatable bonds is 5. The second kappa shape index (κ2) is 7.46. The highest BCUT2D eigenvalue weighted by Gasteiger charge is 2.37. The molecule has 0 fully saturated rings. The van der Waals surface area contributed by atoms with Crippen LogP contribution in [-0.2, 0) is 14.3 Å². The minimum Gasteiger partial charge on any atom is -0.478 e. The third-order valence-corrected chi connectivity index (χ3v) is 3.94. The third kappa shape index (κ3) is 3.90. The molecular formula is C18H11ClFNO6. The summed E-state index contributed by atoms with van der Waals surface area (Å²) in [5, 5.41) is 11.3. The zero-order chi connectivity index (χ0) is 19.6. The maximum Gasteiger partial charge on any atom is 0.355 e. The summed E-state index contributed by atoms with van der Waals surface area (Å²) in [7, 11) is 0.